The van der Waals surface area contributed by atoms with E-state index >= 15 is 0 Å². The molecule has 0 fully saturated rings. The summed E-state index contributed by atoms with van der Waals surface area (Å²) in [4.78, 5) is 22.7. The molecule has 0 saturated carbocycles. The molecule has 1 aromatic carbocycles. The van der Waals surface area contributed by atoms with Crippen LogP contribution in [0.1, 0.15) is 22.8 Å². The fraction of sp³-hybridized carbons (Fsp3) is 0.231. The number of ether oxygens (including phenoxy) is 2. The maximum Gasteiger partial charge on any atom is 0.341 e. The van der Waals surface area contributed by atoms with Gasteiger partial charge < -0.3 is 14.8 Å². The molecule has 0 atom stereocenters. The van der Waals surface area contributed by atoms with Gasteiger partial charge in [-0.15, -0.1) is 0 Å². The van der Waals surface area contributed by atoms with Gasteiger partial charge in [0.15, 0.2) is 0 Å². The second-order valence-electron chi connectivity index (χ2n) is 3.79. The van der Waals surface area contributed by atoms with Crippen LogP contribution < -0.4 is 10.1 Å². The molecule has 0 spiro atoms. The number of methoxy groups -OCH3 is 1. The number of carbonyl (C=O) groups is 2. The van der Waals surface area contributed by atoms with Crippen molar-refractivity contribution < 1.29 is 19.1 Å². The van der Waals surface area contributed by atoms with Crippen LogP contribution in [0.15, 0.2) is 18.2 Å². The lowest BCUT2D eigenvalue weighted by atomic mass is 10.0. The number of esters is 1. The van der Waals surface area contributed by atoms with E-state index in [0.717, 1.165) is 0 Å². The molecule has 1 aliphatic heterocycles. The molecule has 0 unspecified atom stereocenters. The maximum absolute atomic E-state index is 11.6. The molecule has 0 bridgehead atoms. The van der Waals surface area contributed by atoms with Gasteiger partial charge in [0.2, 0.25) is 5.91 Å². The van der Waals surface area contributed by atoms with Gasteiger partial charge in [0.05, 0.1) is 12.8 Å². The Bertz CT molecular complexity index is 534. The molecule has 0 aliphatic carbocycles. The van der Waals surface area contributed by atoms with Gasteiger partial charge in [-0.25, -0.2) is 4.79 Å². The van der Waals surface area contributed by atoms with E-state index in [-0.39, 0.29) is 5.91 Å². The molecule has 1 amide bonds. The Labute approximate surface area is 104 Å². The second kappa shape index (κ2) is 4.91. The molecule has 0 saturated heterocycles. The van der Waals surface area contributed by atoms with E-state index in [2.05, 4.69) is 5.32 Å². The third kappa shape index (κ3) is 2.20. The zero-order valence-electron chi connectivity index (χ0n) is 10.1. The van der Waals surface area contributed by atoms with Crippen molar-refractivity contribution >= 4 is 23.6 Å². The fourth-order valence-corrected chi connectivity index (χ4v) is 1.79. The summed E-state index contributed by atoms with van der Waals surface area (Å²) >= 11 is 0. The maximum atomic E-state index is 11.6. The monoisotopic (exact) mass is 247 g/mol. The van der Waals surface area contributed by atoms with Crippen LogP contribution in [0.25, 0.3) is 6.08 Å². The van der Waals surface area contributed by atoms with Gasteiger partial charge >= 0.3 is 5.97 Å². The van der Waals surface area contributed by atoms with Crippen LogP contribution in [0.3, 0.4) is 0 Å². The first kappa shape index (κ1) is 12.2. The van der Waals surface area contributed by atoms with Crippen molar-refractivity contribution in [2.24, 2.45) is 0 Å². The van der Waals surface area contributed by atoms with Crippen LogP contribution in [-0.2, 0) is 9.53 Å². The Hall–Kier alpha value is -2.30. The Kier molecular flexibility index (Phi) is 3.32. The van der Waals surface area contributed by atoms with Crippen molar-refractivity contribution in [2.45, 2.75) is 6.92 Å². The molecule has 1 aromatic rings. The largest absolute Gasteiger partial charge is 0.488 e. The number of hydrogen-bond donors (Lipinski definition) is 1. The second-order valence-corrected chi connectivity index (χ2v) is 3.79. The molecule has 94 valence electrons. The normalized spacial score (nSPS) is 12.3. The molecule has 5 nitrogen and oxygen atoms in total. The fourth-order valence-electron chi connectivity index (χ4n) is 1.79. The van der Waals surface area contributed by atoms with Gasteiger partial charge in [0.25, 0.3) is 0 Å². The third-order valence-electron chi connectivity index (χ3n) is 2.52. The predicted octanol–water partition coefficient (Wildman–Crippen LogP) is 1.84. The number of hydrogen-bond acceptors (Lipinski definition) is 4. The first-order chi connectivity index (χ1) is 8.63. The number of anilines is 1. The van der Waals surface area contributed by atoms with Gasteiger partial charge in [-0.3, -0.25) is 4.79 Å². The van der Waals surface area contributed by atoms with Crippen molar-refractivity contribution in [1.82, 2.24) is 0 Å². The summed E-state index contributed by atoms with van der Waals surface area (Å²) in [7, 11) is 1.31. The first-order valence-corrected chi connectivity index (χ1v) is 5.45. The standard InChI is InChI=1S/C13H13NO4/c1-8(15)14-11-6-5-10(13(16)17-2)12-9(11)4-3-7-18-12/h3-6H,7H2,1-2H3,(H,14,15). The number of carbonyl (C=O) groups excluding carboxylic acids is 2. The van der Waals surface area contributed by atoms with Gasteiger partial charge in [-0.05, 0) is 24.3 Å². The highest BCUT2D eigenvalue weighted by Crippen LogP contribution is 2.34. The summed E-state index contributed by atoms with van der Waals surface area (Å²) < 4.78 is 10.2. The molecule has 1 heterocycles. The van der Waals surface area contributed by atoms with Crippen molar-refractivity contribution in [3.63, 3.8) is 0 Å². The van der Waals surface area contributed by atoms with Crippen molar-refractivity contribution in [3.05, 3.63) is 29.3 Å². The molecule has 18 heavy (non-hydrogen) atoms. The number of fused-ring (bicyclic) bond motifs is 1. The summed E-state index contributed by atoms with van der Waals surface area (Å²) in [6.07, 6.45) is 3.63. The van der Waals surface area contributed by atoms with E-state index in [1.54, 1.807) is 12.1 Å². The van der Waals surface area contributed by atoms with E-state index in [1.807, 2.05) is 12.2 Å². The minimum atomic E-state index is -0.462. The van der Waals surface area contributed by atoms with Gasteiger partial charge in [0, 0.05) is 12.5 Å². The summed E-state index contributed by atoms with van der Waals surface area (Å²) in [5.41, 5.74) is 1.64. The lowest BCUT2D eigenvalue weighted by Crippen LogP contribution is -2.13. The van der Waals surface area contributed by atoms with Gasteiger partial charge in [0.1, 0.15) is 17.9 Å². The highest BCUT2D eigenvalue weighted by Gasteiger charge is 2.20. The van der Waals surface area contributed by atoms with Crippen LogP contribution in [0, 0.1) is 0 Å². The van der Waals surface area contributed by atoms with Crippen LogP contribution >= 0.6 is 0 Å². The van der Waals surface area contributed by atoms with Crippen LogP contribution in [0.2, 0.25) is 0 Å². The summed E-state index contributed by atoms with van der Waals surface area (Å²) in [6.45, 7) is 1.81. The molecule has 2 rings (SSSR count). The third-order valence-corrected chi connectivity index (χ3v) is 2.52. The average molecular weight is 247 g/mol. The zero-order chi connectivity index (χ0) is 13.1. The Balaban J connectivity index is 2.53. The minimum Gasteiger partial charge on any atom is -0.488 e. The van der Waals surface area contributed by atoms with Gasteiger partial charge in [-0.1, -0.05) is 0 Å². The summed E-state index contributed by atoms with van der Waals surface area (Å²) in [5, 5.41) is 2.69. The molecule has 0 radical (unpaired) electrons. The number of amides is 1. The van der Waals surface area contributed by atoms with E-state index < -0.39 is 5.97 Å². The summed E-state index contributed by atoms with van der Waals surface area (Å²) in [5.74, 6) is -0.200. The molecule has 1 N–H and O–H groups in total. The van der Waals surface area contributed by atoms with E-state index in [9.17, 15) is 9.59 Å². The predicted molar refractivity (Wildman–Crippen MR) is 66.6 cm³/mol. The van der Waals surface area contributed by atoms with E-state index in [0.29, 0.717) is 29.2 Å². The van der Waals surface area contributed by atoms with E-state index in [4.69, 9.17) is 9.47 Å². The number of benzene rings is 1. The molecular weight excluding hydrogens is 234 g/mol. The van der Waals surface area contributed by atoms with Crippen LogP contribution in [0.5, 0.6) is 5.75 Å². The molecular formula is C13H13NO4. The Morgan fingerprint density at radius 2 is 2.17 bits per heavy atom. The minimum absolute atomic E-state index is 0.179. The zero-order valence-corrected chi connectivity index (χ0v) is 10.1. The average Bonchev–Trinajstić information content (AvgIpc) is 2.38. The van der Waals surface area contributed by atoms with Crippen LogP contribution in [0.4, 0.5) is 5.69 Å². The highest BCUT2D eigenvalue weighted by molar-refractivity contribution is 5.98. The summed E-state index contributed by atoms with van der Waals surface area (Å²) in [6, 6.07) is 3.24. The van der Waals surface area contributed by atoms with Gasteiger partial charge in [-0.2, -0.15) is 0 Å². The SMILES string of the molecule is COC(=O)c1ccc(NC(C)=O)c2c1OCC=C2. The Morgan fingerprint density at radius 3 is 2.83 bits per heavy atom. The van der Waals surface area contributed by atoms with Crippen molar-refractivity contribution in [2.75, 3.05) is 19.0 Å². The first-order valence-electron chi connectivity index (χ1n) is 5.45. The molecule has 1 aliphatic rings. The number of rotatable bonds is 2. The Morgan fingerprint density at radius 1 is 1.39 bits per heavy atom. The highest BCUT2D eigenvalue weighted by atomic mass is 16.5. The van der Waals surface area contributed by atoms with Crippen LogP contribution in [-0.4, -0.2) is 25.6 Å². The van der Waals surface area contributed by atoms with Crippen molar-refractivity contribution in [1.29, 1.82) is 0 Å². The van der Waals surface area contributed by atoms with E-state index in [1.165, 1.54) is 14.0 Å². The lowest BCUT2D eigenvalue weighted by Gasteiger charge is -2.18. The quantitative estimate of drug-likeness (QED) is 0.810. The van der Waals surface area contributed by atoms with Crippen molar-refractivity contribution in [3.8, 4) is 5.75 Å². The topological polar surface area (TPSA) is 64.6 Å². The smallest absolute Gasteiger partial charge is 0.341 e. The number of nitrogens with one attached hydrogen (secondary N) is 1. The molecule has 5 heteroatoms. The lowest BCUT2D eigenvalue weighted by molar-refractivity contribution is -0.114. The molecule has 0 aromatic heterocycles.